The molecule has 0 radical (unpaired) electrons. The first-order valence-electron chi connectivity index (χ1n) is 8.41. The van der Waals surface area contributed by atoms with Crippen LogP contribution in [0.2, 0.25) is 0 Å². The number of amides is 1. The van der Waals surface area contributed by atoms with Gasteiger partial charge in [0.15, 0.2) is 0 Å². The van der Waals surface area contributed by atoms with Crippen LogP contribution >= 0.6 is 0 Å². The number of unbranched alkanes of at least 4 members (excludes halogenated alkanes) is 3. The summed E-state index contributed by atoms with van der Waals surface area (Å²) in [4.78, 5) is 11.7. The number of rotatable bonds is 9. The van der Waals surface area contributed by atoms with Crippen LogP contribution in [0, 0.1) is 0 Å². The minimum atomic E-state index is -3.82. The minimum Gasteiger partial charge on any atom is -0.289 e. The van der Waals surface area contributed by atoms with Crippen LogP contribution < -0.4 is 5.48 Å². The van der Waals surface area contributed by atoms with Gasteiger partial charge >= 0.3 is 0 Å². The molecule has 0 fully saturated rings. The number of hydroxylamine groups is 1. The van der Waals surface area contributed by atoms with Crippen LogP contribution in [-0.2, 0) is 14.8 Å². The van der Waals surface area contributed by atoms with Crippen LogP contribution in [0.1, 0.15) is 32.6 Å². The smallest absolute Gasteiger partial charge is 0.258 e. The maximum Gasteiger partial charge on any atom is 0.258 e. The van der Waals surface area contributed by atoms with Crippen molar-refractivity contribution in [2.75, 3.05) is 13.1 Å². The SMILES string of the molecule is CCCCCCN(CC(=O)NO)S(=O)(=O)c1ccc2ccccc2c1. The highest BCUT2D eigenvalue weighted by Gasteiger charge is 2.26. The highest BCUT2D eigenvalue weighted by Crippen LogP contribution is 2.22. The third kappa shape index (κ3) is 5.01. The molecule has 0 aliphatic rings. The number of fused-ring (bicyclic) bond motifs is 1. The van der Waals surface area contributed by atoms with Crippen molar-refractivity contribution in [2.24, 2.45) is 0 Å². The van der Waals surface area contributed by atoms with E-state index in [1.54, 1.807) is 18.2 Å². The Balaban J connectivity index is 2.28. The standard InChI is InChI=1S/C18H24N2O4S/c1-2-3-4-7-12-20(14-18(21)19-22)25(23,24)17-11-10-15-8-5-6-9-16(15)13-17/h5-6,8-11,13,22H,2-4,7,12,14H2,1H3,(H,19,21). The maximum absolute atomic E-state index is 13.0. The Morgan fingerprint density at radius 2 is 1.80 bits per heavy atom. The summed E-state index contributed by atoms with van der Waals surface area (Å²) < 4.78 is 27.0. The Hall–Kier alpha value is -1.96. The summed E-state index contributed by atoms with van der Waals surface area (Å²) in [6.07, 6.45) is 3.60. The quantitative estimate of drug-likeness (QED) is 0.407. The fourth-order valence-electron chi connectivity index (χ4n) is 2.67. The molecule has 1 amide bonds. The third-order valence-corrected chi connectivity index (χ3v) is 5.91. The van der Waals surface area contributed by atoms with E-state index in [1.807, 2.05) is 24.3 Å². The molecule has 2 aromatic carbocycles. The number of carbonyl (C=O) groups is 1. The van der Waals surface area contributed by atoms with Crippen LogP contribution in [0.4, 0.5) is 0 Å². The molecule has 25 heavy (non-hydrogen) atoms. The molecule has 136 valence electrons. The Labute approximate surface area is 148 Å². The number of sulfonamides is 1. The van der Waals surface area contributed by atoms with Crippen LogP contribution in [0.15, 0.2) is 47.4 Å². The number of nitrogens with one attached hydrogen (secondary N) is 1. The van der Waals surface area contributed by atoms with E-state index in [-0.39, 0.29) is 11.4 Å². The van der Waals surface area contributed by atoms with E-state index in [2.05, 4.69) is 6.92 Å². The fraction of sp³-hybridized carbons (Fsp3) is 0.389. The van der Waals surface area contributed by atoms with Gasteiger partial charge in [-0.25, -0.2) is 13.9 Å². The van der Waals surface area contributed by atoms with Crippen LogP contribution in [0.3, 0.4) is 0 Å². The highest BCUT2D eigenvalue weighted by atomic mass is 32.2. The van der Waals surface area contributed by atoms with Crippen molar-refractivity contribution in [3.63, 3.8) is 0 Å². The first-order chi connectivity index (χ1) is 12.0. The van der Waals surface area contributed by atoms with Gasteiger partial charge < -0.3 is 0 Å². The molecule has 2 aromatic rings. The molecule has 0 aliphatic heterocycles. The number of carbonyl (C=O) groups excluding carboxylic acids is 1. The topological polar surface area (TPSA) is 86.7 Å². The molecule has 7 heteroatoms. The van der Waals surface area contributed by atoms with Gasteiger partial charge in [-0.3, -0.25) is 10.0 Å². The molecule has 0 spiro atoms. The molecule has 0 atom stereocenters. The summed E-state index contributed by atoms with van der Waals surface area (Å²) in [5, 5.41) is 10.5. The van der Waals surface area contributed by atoms with Crippen molar-refractivity contribution in [3.05, 3.63) is 42.5 Å². The highest BCUT2D eigenvalue weighted by molar-refractivity contribution is 7.89. The van der Waals surface area contributed by atoms with E-state index in [1.165, 1.54) is 5.48 Å². The molecule has 0 heterocycles. The molecule has 2 N–H and O–H groups in total. The van der Waals surface area contributed by atoms with Gasteiger partial charge in [0.1, 0.15) is 0 Å². The normalized spacial score (nSPS) is 11.8. The van der Waals surface area contributed by atoms with Crippen molar-refractivity contribution in [1.82, 2.24) is 9.79 Å². The molecule has 0 aromatic heterocycles. The number of benzene rings is 2. The monoisotopic (exact) mass is 364 g/mol. The van der Waals surface area contributed by atoms with Crippen molar-refractivity contribution in [1.29, 1.82) is 0 Å². The van der Waals surface area contributed by atoms with Gasteiger partial charge in [0, 0.05) is 6.54 Å². The van der Waals surface area contributed by atoms with Crippen molar-refractivity contribution >= 4 is 26.7 Å². The lowest BCUT2D eigenvalue weighted by molar-refractivity contribution is -0.129. The molecule has 0 saturated carbocycles. The zero-order valence-corrected chi connectivity index (χ0v) is 15.1. The van der Waals surface area contributed by atoms with Gasteiger partial charge in [-0.1, -0.05) is 56.5 Å². The summed E-state index contributed by atoms with van der Waals surface area (Å²) in [5.74, 6) is -0.750. The predicted octanol–water partition coefficient (Wildman–Crippen LogP) is 2.92. The Kier molecular flexibility index (Phi) is 6.92. The van der Waals surface area contributed by atoms with E-state index < -0.39 is 22.5 Å². The second kappa shape index (κ2) is 8.94. The molecule has 0 saturated heterocycles. The zero-order valence-electron chi connectivity index (χ0n) is 14.3. The van der Waals surface area contributed by atoms with E-state index in [9.17, 15) is 13.2 Å². The first-order valence-corrected chi connectivity index (χ1v) is 9.85. The van der Waals surface area contributed by atoms with E-state index in [0.29, 0.717) is 6.42 Å². The van der Waals surface area contributed by atoms with Gasteiger partial charge in [-0.15, -0.1) is 0 Å². The molecule has 6 nitrogen and oxygen atoms in total. The lowest BCUT2D eigenvalue weighted by atomic mass is 10.1. The summed E-state index contributed by atoms with van der Waals surface area (Å²) in [5.41, 5.74) is 1.51. The maximum atomic E-state index is 13.0. The van der Waals surface area contributed by atoms with E-state index in [0.717, 1.165) is 34.3 Å². The molecule has 0 bridgehead atoms. The summed E-state index contributed by atoms with van der Waals surface area (Å²) >= 11 is 0. The van der Waals surface area contributed by atoms with Crippen molar-refractivity contribution < 1.29 is 18.4 Å². The van der Waals surface area contributed by atoms with Gasteiger partial charge in [-0.2, -0.15) is 4.31 Å². The zero-order chi connectivity index (χ0) is 18.3. The predicted molar refractivity (Wildman–Crippen MR) is 96.8 cm³/mol. The van der Waals surface area contributed by atoms with Gasteiger partial charge in [-0.05, 0) is 29.3 Å². The minimum absolute atomic E-state index is 0.146. The van der Waals surface area contributed by atoms with Gasteiger partial charge in [0.2, 0.25) is 10.0 Å². The fourth-order valence-corrected chi connectivity index (χ4v) is 4.14. The Morgan fingerprint density at radius 1 is 1.08 bits per heavy atom. The average Bonchev–Trinajstić information content (AvgIpc) is 2.63. The molecule has 2 rings (SSSR count). The van der Waals surface area contributed by atoms with Crippen LogP contribution in [0.25, 0.3) is 10.8 Å². The van der Waals surface area contributed by atoms with Crippen LogP contribution in [-0.4, -0.2) is 36.9 Å². The van der Waals surface area contributed by atoms with Crippen molar-refractivity contribution in [3.8, 4) is 0 Å². The number of hydrogen-bond donors (Lipinski definition) is 2. The summed E-state index contributed by atoms with van der Waals surface area (Å²) in [7, 11) is -3.82. The largest absolute Gasteiger partial charge is 0.289 e. The number of nitrogens with zero attached hydrogens (tertiary/aromatic N) is 1. The van der Waals surface area contributed by atoms with Gasteiger partial charge in [0.25, 0.3) is 5.91 Å². The van der Waals surface area contributed by atoms with Crippen LogP contribution in [0.5, 0.6) is 0 Å². The Bertz CT molecular complexity index is 821. The van der Waals surface area contributed by atoms with E-state index >= 15 is 0 Å². The summed E-state index contributed by atoms with van der Waals surface area (Å²) in [6, 6.07) is 12.4. The van der Waals surface area contributed by atoms with Gasteiger partial charge in [0.05, 0.1) is 11.4 Å². The molecule has 0 aliphatic carbocycles. The average molecular weight is 364 g/mol. The molecule has 0 unspecified atom stereocenters. The first kappa shape index (κ1) is 19.4. The Morgan fingerprint density at radius 3 is 2.48 bits per heavy atom. The molecular weight excluding hydrogens is 340 g/mol. The summed E-state index contributed by atoms with van der Waals surface area (Å²) in [6.45, 7) is 1.91. The lowest BCUT2D eigenvalue weighted by Crippen LogP contribution is -2.40. The second-order valence-electron chi connectivity index (χ2n) is 5.94. The molecular formula is C18H24N2O4S. The van der Waals surface area contributed by atoms with E-state index in [4.69, 9.17) is 5.21 Å². The third-order valence-electron chi connectivity index (χ3n) is 4.06. The second-order valence-corrected chi connectivity index (χ2v) is 7.88. The van der Waals surface area contributed by atoms with Crippen molar-refractivity contribution in [2.45, 2.75) is 37.5 Å². The lowest BCUT2D eigenvalue weighted by Gasteiger charge is -2.21. The number of hydrogen-bond acceptors (Lipinski definition) is 4.